The van der Waals surface area contributed by atoms with Gasteiger partial charge in [-0.1, -0.05) is 6.92 Å². The average Bonchev–Trinajstić information content (AvgIpc) is 1.95. The van der Waals surface area contributed by atoms with E-state index in [1.165, 1.54) is 0 Å². The minimum Gasteiger partial charge on any atom is -0.481 e. The van der Waals surface area contributed by atoms with Gasteiger partial charge in [0, 0.05) is 6.42 Å². The summed E-state index contributed by atoms with van der Waals surface area (Å²) in [5.74, 6) is -0.780. The van der Waals surface area contributed by atoms with Gasteiger partial charge < -0.3 is 5.11 Å². The number of rotatable bonds is 7. The molecule has 0 aliphatic heterocycles. The van der Waals surface area contributed by atoms with E-state index in [1.807, 2.05) is 6.92 Å². The fourth-order valence-corrected chi connectivity index (χ4v) is 1.46. The van der Waals surface area contributed by atoms with Crippen LogP contribution < -0.4 is 0 Å². The molecule has 0 fully saturated rings. The van der Waals surface area contributed by atoms with E-state index in [9.17, 15) is 13.2 Å². The quantitative estimate of drug-likeness (QED) is 0.512. The van der Waals surface area contributed by atoms with Gasteiger partial charge >= 0.3 is 5.97 Å². The Labute approximate surface area is 84.2 Å². The van der Waals surface area contributed by atoms with Crippen molar-refractivity contribution in [2.75, 3.05) is 12.9 Å². The molecule has 0 bridgehead atoms. The van der Waals surface area contributed by atoms with Crippen molar-refractivity contribution in [3.8, 4) is 0 Å². The largest absolute Gasteiger partial charge is 0.481 e. The van der Waals surface area contributed by atoms with Crippen molar-refractivity contribution in [2.45, 2.75) is 26.2 Å². The third-order valence-corrected chi connectivity index (χ3v) is 2.26. The van der Waals surface area contributed by atoms with Gasteiger partial charge in [0.2, 0.25) is 0 Å². The fraction of sp³-hybridized carbons (Fsp3) is 0.875. The standard InChI is InChI=1S/C8H16O5S/c1-7(6-8(9)10)4-3-5-13-14(2,11)12/h7H,3-6H2,1-2H3,(H,9,10)/t7-/m0/s1. The lowest BCUT2D eigenvalue weighted by Gasteiger charge is -2.07. The van der Waals surface area contributed by atoms with Crippen LogP contribution in [0.2, 0.25) is 0 Å². The van der Waals surface area contributed by atoms with E-state index in [4.69, 9.17) is 5.11 Å². The molecule has 14 heavy (non-hydrogen) atoms. The Balaban J connectivity index is 3.50. The van der Waals surface area contributed by atoms with Crippen molar-refractivity contribution in [2.24, 2.45) is 5.92 Å². The average molecular weight is 224 g/mol. The smallest absolute Gasteiger partial charge is 0.303 e. The molecule has 0 saturated carbocycles. The molecule has 0 rings (SSSR count). The molecule has 84 valence electrons. The predicted molar refractivity (Wildman–Crippen MR) is 51.4 cm³/mol. The second-order valence-corrected chi connectivity index (χ2v) is 5.02. The van der Waals surface area contributed by atoms with E-state index in [0.717, 1.165) is 6.26 Å². The van der Waals surface area contributed by atoms with Crippen LogP contribution in [-0.4, -0.2) is 32.4 Å². The Bertz CT molecular complexity index is 269. The van der Waals surface area contributed by atoms with Crippen LogP contribution in [0.1, 0.15) is 26.2 Å². The Morgan fingerprint density at radius 1 is 1.50 bits per heavy atom. The summed E-state index contributed by atoms with van der Waals surface area (Å²) in [4.78, 5) is 10.3. The second kappa shape index (κ2) is 5.98. The molecule has 0 aromatic carbocycles. The molecular formula is C8H16O5S. The highest BCUT2D eigenvalue weighted by Crippen LogP contribution is 2.10. The molecule has 0 aliphatic rings. The fourth-order valence-electron chi connectivity index (χ4n) is 1.04. The van der Waals surface area contributed by atoms with Crippen molar-refractivity contribution in [1.29, 1.82) is 0 Å². The maximum absolute atomic E-state index is 10.5. The Hall–Kier alpha value is -0.620. The highest BCUT2D eigenvalue weighted by atomic mass is 32.2. The third kappa shape index (κ3) is 9.47. The number of hydrogen-bond donors (Lipinski definition) is 1. The van der Waals surface area contributed by atoms with Crippen LogP contribution in [0.3, 0.4) is 0 Å². The molecule has 5 nitrogen and oxygen atoms in total. The van der Waals surface area contributed by atoms with Gasteiger partial charge in [0.1, 0.15) is 0 Å². The summed E-state index contributed by atoms with van der Waals surface area (Å²) in [7, 11) is -3.36. The van der Waals surface area contributed by atoms with Crippen molar-refractivity contribution >= 4 is 16.1 Å². The molecule has 0 aromatic rings. The first-order valence-corrected chi connectivity index (χ1v) is 6.19. The van der Waals surface area contributed by atoms with Crippen LogP contribution >= 0.6 is 0 Å². The van der Waals surface area contributed by atoms with Gasteiger partial charge in [0.05, 0.1) is 12.9 Å². The normalized spacial score (nSPS) is 13.9. The number of carboxylic acids is 1. The molecule has 1 atom stereocenters. The van der Waals surface area contributed by atoms with Crippen LogP contribution in [-0.2, 0) is 19.1 Å². The topological polar surface area (TPSA) is 80.7 Å². The molecule has 0 heterocycles. The lowest BCUT2D eigenvalue weighted by Crippen LogP contribution is -2.08. The van der Waals surface area contributed by atoms with E-state index in [0.29, 0.717) is 12.8 Å². The maximum Gasteiger partial charge on any atom is 0.303 e. The van der Waals surface area contributed by atoms with Crippen molar-refractivity contribution in [3.63, 3.8) is 0 Å². The monoisotopic (exact) mass is 224 g/mol. The van der Waals surface area contributed by atoms with E-state index in [2.05, 4.69) is 4.18 Å². The minimum atomic E-state index is -3.36. The van der Waals surface area contributed by atoms with Gasteiger partial charge in [0.15, 0.2) is 0 Å². The first-order chi connectivity index (χ1) is 6.31. The highest BCUT2D eigenvalue weighted by molar-refractivity contribution is 7.85. The van der Waals surface area contributed by atoms with Crippen LogP contribution in [0.4, 0.5) is 0 Å². The molecule has 6 heteroatoms. The molecule has 0 saturated heterocycles. The number of aliphatic carboxylic acids is 1. The number of carboxylic acid groups (broad SMARTS) is 1. The van der Waals surface area contributed by atoms with E-state index < -0.39 is 16.1 Å². The minimum absolute atomic E-state index is 0.0515. The first kappa shape index (κ1) is 13.4. The van der Waals surface area contributed by atoms with Gasteiger partial charge in [0.25, 0.3) is 10.1 Å². The summed E-state index contributed by atoms with van der Waals surface area (Å²) in [5.41, 5.74) is 0. The zero-order valence-electron chi connectivity index (χ0n) is 8.39. The summed E-state index contributed by atoms with van der Waals surface area (Å²) < 4.78 is 25.6. The van der Waals surface area contributed by atoms with Crippen molar-refractivity contribution < 1.29 is 22.5 Å². The predicted octanol–water partition coefficient (Wildman–Crippen LogP) is 0.854. The Morgan fingerprint density at radius 2 is 2.07 bits per heavy atom. The first-order valence-electron chi connectivity index (χ1n) is 4.37. The maximum atomic E-state index is 10.5. The van der Waals surface area contributed by atoms with Crippen molar-refractivity contribution in [1.82, 2.24) is 0 Å². The number of carbonyl (C=O) groups is 1. The van der Waals surface area contributed by atoms with Gasteiger partial charge in [-0.25, -0.2) is 0 Å². The molecule has 0 unspecified atom stereocenters. The SMILES string of the molecule is C[C@@H](CCCOS(C)(=O)=O)CC(=O)O. The van der Waals surface area contributed by atoms with Crippen LogP contribution in [0.5, 0.6) is 0 Å². The van der Waals surface area contributed by atoms with E-state index in [1.54, 1.807) is 0 Å². The summed E-state index contributed by atoms with van der Waals surface area (Å²) >= 11 is 0. The summed E-state index contributed by atoms with van der Waals surface area (Å²) in [6.45, 7) is 1.94. The van der Waals surface area contributed by atoms with Crippen LogP contribution in [0.15, 0.2) is 0 Å². The lowest BCUT2D eigenvalue weighted by atomic mass is 10.0. The molecule has 1 N–H and O–H groups in total. The van der Waals surface area contributed by atoms with Crippen LogP contribution in [0, 0.1) is 5.92 Å². The van der Waals surface area contributed by atoms with Gasteiger partial charge in [-0.2, -0.15) is 8.42 Å². The Kier molecular flexibility index (Phi) is 5.71. The molecule has 0 radical (unpaired) electrons. The zero-order valence-corrected chi connectivity index (χ0v) is 9.21. The molecule has 0 amide bonds. The zero-order chi connectivity index (χ0) is 11.2. The molecule has 0 aliphatic carbocycles. The third-order valence-electron chi connectivity index (χ3n) is 1.66. The van der Waals surface area contributed by atoms with Crippen LogP contribution in [0.25, 0.3) is 0 Å². The van der Waals surface area contributed by atoms with Gasteiger partial charge in [-0.05, 0) is 18.8 Å². The van der Waals surface area contributed by atoms with E-state index >= 15 is 0 Å². The molecular weight excluding hydrogens is 208 g/mol. The van der Waals surface area contributed by atoms with Crippen molar-refractivity contribution in [3.05, 3.63) is 0 Å². The van der Waals surface area contributed by atoms with Gasteiger partial charge in [-0.15, -0.1) is 0 Å². The highest BCUT2D eigenvalue weighted by Gasteiger charge is 2.08. The summed E-state index contributed by atoms with van der Waals surface area (Å²) in [5, 5.41) is 8.44. The summed E-state index contributed by atoms with van der Waals surface area (Å²) in [6, 6.07) is 0. The summed E-state index contributed by atoms with van der Waals surface area (Å²) in [6.07, 6.45) is 2.32. The number of hydrogen-bond acceptors (Lipinski definition) is 4. The van der Waals surface area contributed by atoms with E-state index in [-0.39, 0.29) is 18.9 Å². The molecule has 0 aromatic heterocycles. The Morgan fingerprint density at radius 3 is 2.50 bits per heavy atom. The molecule has 0 spiro atoms. The van der Waals surface area contributed by atoms with Gasteiger partial charge in [-0.3, -0.25) is 8.98 Å². The second-order valence-electron chi connectivity index (χ2n) is 3.37. The lowest BCUT2D eigenvalue weighted by molar-refractivity contribution is -0.138.